The van der Waals surface area contributed by atoms with Crippen LogP contribution < -0.4 is 10.6 Å². The van der Waals surface area contributed by atoms with Gasteiger partial charge < -0.3 is 35.3 Å². The first-order valence-corrected chi connectivity index (χ1v) is 19.4. The van der Waals surface area contributed by atoms with Gasteiger partial charge in [0, 0.05) is 41.2 Å². The molecule has 0 bridgehead atoms. The number of aliphatic hydroxyl groups is 1. The topological polar surface area (TPSA) is 160 Å². The van der Waals surface area contributed by atoms with Crippen molar-refractivity contribution >= 4 is 41.5 Å². The maximum absolute atomic E-state index is 14.2. The number of nitrogens with one attached hydrogen (secondary N) is 2. The van der Waals surface area contributed by atoms with Crippen molar-refractivity contribution in [3.05, 3.63) is 41.6 Å². The minimum absolute atomic E-state index is 0.0169. The Bertz CT molecular complexity index is 1460. The van der Waals surface area contributed by atoms with Gasteiger partial charge in [-0.1, -0.05) is 78.3 Å². The van der Waals surface area contributed by atoms with E-state index in [2.05, 4.69) is 10.6 Å². The highest BCUT2D eigenvalue weighted by Crippen LogP contribution is 2.21. The fraction of sp³-hybridized carbons (Fsp3) is 0.659. The third-order valence-electron chi connectivity index (χ3n) is 10.2. The minimum atomic E-state index is -1.46. The van der Waals surface area contributed by atoms with Crippen LogP contribution in [0.25, 0.3) is 6.08 Å². The van der Waals surface area contributed by atoms with Crippen molar-refractivity contribution < 1.29 is 33.9 Å². The molecule has 1 aliphatic heterocycles. The van der Waals surface area contributed by atoms with Gasteiger partial charge in [-0.2, -0.15) is 0 Å². The zero-order valence-electron chi connectivity index (χ0n) is 34.4. The van der Waals surface area contributed by atoms with Crippen LogP contribution in [0, 0.1) is 17.8 Å². The van der Waals surface area contributed by atoms with Crippen molar-refractivity contribution in [2.45, 2.75) is 124 Å². The summed E-state index contributed by atoms with van der Waals surface area (Å²) in [6.45, 7) is 15.5. The number of carbonyl (C=O) groups is 6. The molecule has 0 saturated carbocycles. The standard InChI is InChI=1S/C41H66N6O7/c1-12-28(6)35(41(54)47-21-17-14-18-22-47)42-37(50)33(24-27(4)5)46(11)40(53)36(29(7)48)43-38(51)32(23-26(2)3)45(10)39(52)34(44(9)30(8)49)25-31-19-15-13-16-20-31/h13,15-16,19-20,25-29,32-33,35-36,48H,12,14,17-18,21-24H2,1-11H3,(H,42,50)(H,43,51)/b34-25+/t28-,29+,32-,33-,35-,36-/m0/s1. The number of likely N-dealkylation sites (tertiary alicyclic amines) is 1. The average molecular weight is 755 g/mol. The van der Waals surface area contributed by atoms with Gasteiger partial charge in [-0.05, 0) is 68.4 Å². The highest BCUT2D eigenvalue weighted by Gasteiger charge is 2.40. The maximum atomic E-state index is 14.2. The lowest BCUT2D eigenvalue weighted by Gasteiger charge is -2.37. The highest BCUT2D eigenvalue weighted by atomic mass is 16.3. The first-order chi connectivity index (χ1) is 25.3. The second kappa shape index (κ2) is 21.6. The number of nitrogens with zero attached hydrogens (tertiary/aromatic N) is 4. The van der Waals surface area contributed by atoms with Crippen LogP contribution in [0.1, 0.15) is 99.5 Å². The van der Waals surface area contributed by atoms with Gasteiger partial charge in [-0.3, -0.25) is 28.8 Å². The molecule has 6 atom stereocenters. The summed E-state index contributed by atoms with van der Waals surface area (Å²) in [5, 5.41) is 16.6. The summed E-state index contributed by atoms with van der Waals surface area (Å²) in [6.07, 6.45) is 4.24. The van der Waals surface area contributed by atoms with Crippen LogP contribution in [0.5, 0.6) is 0 Å². The molecule has 1 aromatic carbocycles. The van der Waals surface area contributed by atoms with E-state index in [1.54, 1.807) is 35.2 Å². The summed E-state index contributed by atoms with van der Waals surface area (Å²) in [6, 6.07) is 4.72. The van der Waals surface area contributed by atoms with Gasteiger partial charge in [0.1, 0.15) is 29.9 Å². The molecule has 1 aliphatic rings. The van der Waals surface area contributed by atoms with E-state index in [9.17, 15) is 33.9 Å². The van der Waals surface area contributed by atoms with Crippen molar-refractivity contribution in [2.24, 2.45) is 17.8 Å². The summed E-state index contributed by atoms with van der Waals surface area (Å²) in [7, 11) is 4.41. The van der Waals surface area contributed by atoms with E-state index in [1.807, 2.05) is 47.6 Å². The van der Waals surface area contributed by atoms with Crippen molar-refractivity contribution in [3.63, 3.8) is 0 Å². The zero-order chi connectivity index (χ0) is 40.9. The summed E-state index contributed by atoms with van der Waals surface area (Å²) in [4.78, 5) is 88.0. The minimum Gasteiger partial charge on any atom is -0.391 e. The molecule has 54 heavy (non-hydrogen) atoms. The molecule has 0 radical (unpaired) electrons. The van der Waals surface area contributed by atoms with E-state index in [-0.39, 0.29) is 48.1 Å². The molecule has 13 nitrogen and oxygen atoms in total. The normalized spacial score (nSPS) is 16.8. The van der Waals surface area contributed by atoms with Gasteiger partial charge in [-0.15, -0.1) is 0 Å². The number of carbonyl (C=O) groups excluding carboxylic acids is 6. The molecule has 0 spiro atoms. The maximum Gasteiger partial charge on any atom is 0.271 e. The van der Waals surface area contributed by atoms with Crippen molar-refractivity contribution in [1.82, 2.24) is 30.2 Å². The van der Waals surface area contributed by atoms with E-state index < -0.39 is 53.9 Å². The van der Waals surface area contributed by atoms with Crippen LogP contribution in [0.3, 0.4) is 0 Å². The fourth-order valence-electron chi connectivity index (χ4n) is 6.53. The van der Waals surface area contributed by atoms with Crippen LogP contribution in [-0.4, -0.2) is 125 Å². The van der Waals surface area contributed by atoms with Gasteiger partial charge in [-0.25, -0.2) is 0 Å². The molecule has 13 heteroatoms. The lowest BCUT2D eigenvalue weighted by Crippen LogP contribution is -2.62. The van der Waals surface area contributed by atoms with E-state index >= 15 is 0 Å². The van der Waals surface area contributed by atoms with E-state index in [0.717, 1.165) is 19.3 Å². The predicted octanol–water partition coefficient (Wildman–Crippen LogP) is 3.66. The van der Waals surface area contributed by atoms with Gasteiger partial charge in [0.2, 0.25) is 29.5 Å². The molecule has 0 unspecified atom stereocenters. The molecule has 1 fully saturated rings. The smallest absolute Gasteiger partial charge is 0.271 e. The number of rotatable bonds is 18. The molecular formula is C41H66N6O7. The van der Waals surface area contributed by atoms with Crippen LogP contribution in [0.4, 0.5) is 0 Å². The Labute approximate surface area is 322 Å². The Hall–Kier alpha value is -4.26. The number of hydrogen-bond donors (Lipinski definition) is 3. The van der Waals surface area contributed by atoms with Crippen LogP contribution in [-0.2, 0) is 28.8 Å². The van der Waals surface area contributed by atoms with Gasteiger partial charge >= 0.3 is 0 Å². The third kappa shape index (κ3) is 13.0. The second-order valence-electron chi connectivity index (χ2n) is 15.7. The molecule has 0 aliphatic carbocycles. The number of hydrogen-bond acceptors (Lipinski definition) is 7. The summed E-state index contributed by atoms with van der Waals surface area (Å²) >= 11 is 0. The molecule has 2 rings (SSSR count). The number of amides is 6. The number of piperidine rings is 1. The first kappa shape index (κ1) is 45.9. The Balaban J connectivity index is 2.42. The molecule has 3 N–H and O–H groups in total. The summed E-state index contributed by atoms with van der Waals surface area (Å²) in [5.74, 6) is -3.17. The van der Waals surface area contributed by atoms with E-state index in [4.69, 9.17) is 0 Å². The number of likely N-dealkylation sites (N-methyl/N-ethyl adjacent to an activating group) is 3. The first-order valence-electron chi connectivity index (χ1n) is 19.4. The Morgan fingerprint density at radius 1 is 0.778 bits per heavy atom. The molecule has 302 valence electrons. The lowest BCUT2D eigenvalue weighted by atomic mass is 9.95. The molecular weight excluding hydrogens is 688 g/mol. The number of benzene rings is 1. The van der Waals surface area contributed by atoms with Crippen molar-refractivity contribution in [2.75, 3.05) is 34.2 Å². The van der Waals surface area contributed by atoms with E-state index in [1.165, 1.54) is 49.7 Å². The largest absolute Gasteiger partial charge is 0.391 e. The van der Waals surface area contributed by atoms with Gasteiger partial charge in [0.25, 0.3) is 5.91 Å². The second-order valence-corrected chi connectivity index (χ2v) is 15.7. The number of aliphatic hydroxyl groups excluding tert-OH is 1. The molecule has 1 heterocycles. The van der Waals surface area contributed by atoms with E-state index in [0.29, 0.717) is 25.1 Å². The monoisotopic (exact) mass is 754 g/mol. The van der Waals surface area contributed by atoms with Crippen LogP contribution >= 0.6 is 0 Å². The lowest BCUT2D eigenvalue weighted by molar-refractivity contribution is -0.147. The van der Waals surface area contributed by atoms with Crippen LogP contribution in [0.15, 0.2) is 36.0 Å². The molecule has 6 amide bonds. The Kier molecular flexibility index (Phi) is 18.3. The van der Waals surface area contributed by atoms with Gasteiger partial charge in [0.05, 0.1) is 6.10 Å². The van der Waals surface area contributed by atoms with Gasteiger partial charge in [0.15, 0.2) is 0 Å². The summed E-state index contributed by atoms with van der Waals surface area (Å²) < 4.78 is 0. The summed E-state index contributed by atoms with van der Waals surface area (Å²) in [5.41, 5.74) is 0.735. The Morgan fingerprint density at radius 3 is 1.74 bits per heavy atom. The van der Waals surface area contributed by atoms with Crippen LogP contribution in [0.2, 0.25) is 0 Å². The molecule has 1 aromatic rings. The average Bonchev–Trinajstić information content (AvgIpc) is 3.14. The Morgan fingerprint density at radius 2 is 1.28 bits per heavy atom. The molecule has 0 aromatic heterocycles. The quantitative estimate of drug-likeness (QED) is 0.193. The van der Waals surface area contributed by atoms with Crippen molar-refractivity contribution in [3.8, 4) is 0 Å². The molecule has 1 saturated heterocycles. The fourth-order valence-corrected chi connectivity index (χ4v) is 6.53. The third-order valence-corrected chi connectivity index (χ3v) is 10.2. The van der Waals surface area contributed by atoms with Crippen molar-refractivity contribution in [1.29, 1.82) is 0 Å². The highest BCUT2D eigenvalue weighted by molar-refractivity contribution is 6.03. The predicted molar refractivity (Wildman–Crippen MR) is 210 cm³/mol. The zero-order valence-corrected chi connectivity index (χ0v) is 34.4. The SMILES string of the molecule is CC[C@H](C)[C@H](NC(=O)[C@H](CC(C)C)N(C)C(=O)[C@@H](NC(=O)[C@H](CC(C)C)N(C)C(=O)/C(=C\c1ccccc1)N(C)C(C)=O)[C@@H](C)O)C(=O)N1CCCCC1.